The molecule has 3 fully saturated rings. The number of rotatable bonds is 13. The second kappa shape index (κ2) is 19.8. The predicted molar refractivity (Wildman–Crippen MR) is 230 cm³/mol. The summed E-state index contributed by atoms with van der Waals surface area (Å²) >= 11 is 0. The van der Waals surface area contributed by atoms with Gasteiger partial charge in [-0.25, -0.2) is 36.9 Å². The number of hydrogen-bond donors (Lipinski definition) is 5. The van der Waals surface area contributed by atoms with Crippen LogP contribution in [0.4, 0.5) is 56.6 Å². The Kier molecular flexibility index (Phi) is 13.5. The van der Waals surface area contributed by atoms with E-state index in [9.17, 15) is 32.3 Å². The molecule has 3 aliphatic heterocycles. The number of aromatic nitrogens is 3. The third kappa shape index (κ3) is 10.8. The summed E-state index contributed by atoms with van der Waals surface area (Å²) < 4.78 is 73.0. The van der Waals surface area contributed by atoms with Gasteiger partial charge in [0, 0.05) is 80.6 Å². The van der Waals surface area contributed by atoms with E-state index in [1.807, 2.05) is 4.90 Å². The lowest BCUT2D eigenvalue weighted by molar-refractivity contribution is -0.134. The van der Waals surface area contributed by atoms with E-state index >= 15 is 8.78 Å². The van der Waals surface area contributed by atoms with Gasteiger partial charge in [0.05, 0.1) is 17.7 Å². The minimum Gasteiger partial charge on any atom is -0.354 e. The van der Waals surface area contributed by atoms with Gasteiger partial charge >= 0.3 is 0 Å². The zero-order chi connectivity index (χ0) is 45.6. The highest BCUT2D eigenvalue weighted by molar-refractivity contribution is 6.04. The average Bonchev–Trinajstić information content (AvgIpc) is 3.28. The van der Waals surface area contributed by atoms with Crippen LogP contribution in [0.2, 0.25) is 0 Å². The van der Waals surface area contributed by atoms with E-state index in [1.165, 1.54) is 48.7 Å². The van der Waals surface area contributed by atoms with Gasteiger partial charge in [-0.05, 0) is 92.7 Å². The highest BCUT2D eigenvalue weighted by atomic mass is 19.1. The number of carbonyl (C=O) groups excluding carboxylic acids is 4. The molecule has 5 aromatic rings. The summed E-state index contributed by atoms with van der Waals surface area (Å²) in [6, 6.07) is 14.2. The average molecular weight is 898 g/mol. The summed E-state index contributed by atoms with van der Waals surface area (Å²) in [6.45, 7) is 5.04. The molecule has 0 saturated carbocycles. The van der Waals surface area contributed by atoms with Crippen molar-refractivity contribution in [3.8, 4) is 0 Å². The molecule has 1 unspecified atom stereocenters. The molecule has 20 heteroatoms. The molecule has 1 atom stereocenters. The number of amides is 4. The molecule has 8 rings (SSSR count). The Morgan fingerprint density at radius 1 is 0.708 bits per heavy atom. The normalized spacial score (nSPS) is 17.4. The van der Waals surface area contributed by atoms with Crippen molar-refractivity contribution >= 4 is 58.3 Å². The molecule has 4 amide bonds. The number of piperidine rings is 2. The van der Waals surface area contributed by atoms with Crippen LogP contribution in [0.3, 0.4) is 0 Å². The first-order chi connectivity index (χ1) is 31.4. The number of nitrogens with one attached hydrogen (secondary N) is 5. The van der Waals surface area contributed by atoms with E-state index in [0.717, 1.165) is 69.4 Å². The van der Waals surface area contributed by atoms with Crippen molar-refractivity contribution in [2.24, 2.45) is 5.92 Å². The highest BCUT2D eigenvalue weighted by Gasteiger charge is 2.31. The zero-order valence-corrected chi connectivity index (χ0v) is 34.9. The fourth-order valence-electron chi connectivity index (χ4n) is 8.06. The van der Waals surface area contributed by atoms with Gasteiger partial charge in [-0.1, -0.05) is 6.07 Å². The Balaban J connectivity index is 0.759. The number of hydrogen-bond acceptors (Lipinski definition) is 12. The number of imide groups is 1. The maximum absolute atomic E-state index is 15.3. The first-order valence-corrected chi connectivity index (χ1v) is 21.1. The fraction of sp³-hybridized carbons (Fsp3) is 0.311. The number of anilines is 6. The maximum atomic E-state index is 15.3. The van der Waals surface area contributed by atoms with Crippen molar-refractivity contribution in [2.45, 2.75) is 38.0 Å². The molecule has 3 saturated heterocycles. The van der Waals surface area contributed by atoms with E-state index in [-0.39, 0.29) is 53.0 Å². The second-order valence-corrected chi connectivity index (χ2v) is 16.0. The molecule has 3 aliphatic rings. The van der Waals surface area contributed by atoms with Crippen molar-refractivity contribution in [1.29, 1.82) is 0 Å². The number of carbonyl (C=O) groups is 4. The lowest BCUT2D eigenvalue weighted by atomic mass is 9.91. The lowest BCUT2D eigenvalue weighted by Gasteiger charge is -2.37. The van der Waals surface area contributed by atoms with Gasteiger partial charge in [0.25, 0.3) is 11.8 Å². The Labute approximate surface area is 369 Å². The number of halogens is 5. The van der Waals surface area contributed by atoms with Crippen molar-refractivity contribution in [1.82, 2.24) is 35.6 Å². The van der Waals surface area contributed by atoms with Crippen molar-refractivity contribution in [3.05, 3.63) is 125 Å². The van der Waals surface area contributed by atoms with Gasteiger partial charge < -0.3 is 20.9 Å². The van der Waals surface area contributed by atoms with Gasteiger partial charge in [-0.3, -0.25) is 34.8 Å². The smallest absolute Gasteiger partial charge is 0.268 e. The molecule has 2 aromatic heterocycles. The van der Waals surface area contributed by atoms with Crippen LogP contribution in [-0.4, -0.2) is 94.3 Å². The van der Waals surface area contributed by atoms with E-state index in [4.69, 9.17) is 0 Å². The van der Waals surface area contributed by atoms with Crippen molar-refractivity contribution < 1.29 is 41.1 Å². The first kappa shape index (κ1) is 44.5. The summed E-state index contributed by atoms with van der Waals surface area (Å²) in [7, 11) is 0. The second-order valence-electron chi connectivity index (χ2n) is 16.0. The molecule has 65 heavy (non-hydrogen) atoms. The first-order valence-electron chi connectivity index (χ1n) is 21.1. The van der Waals surface area contributed by atoms with Crippen molar-refractivity contribution in [2.75, 3.05) is 66.7 Å². The molecule has 3 aromatic carbocycles. The minimum absolute atomic E-state index is 0.0731. The summed E-state index contributed by atoms with van der Waals surface area (Å²) in [5.41, 5.74) is 2.90. The number of hydrazine groups is 1. The molecule has 338 valence electrons. The van der Waals surface area contributed by atoms with Gasteiger partial charge in [-0.15, -0.1) is 0 Å². The SMILES string of the molecule is O=C1CCC(c2cnc(N3CCN(CCC4CCN(NC(=O)c5ccc(Nc6ncc(F)c(Nc7ccc(NC(=O)c8c(F)cccc8F)cc7)n6)cc5F)CC4)CC3)cc2F)C(=O)N1. The van der Waals surface area contributed by atoms with Crippen LogP contribution in [0.15, 0.2) is 79.1 Å². The Morgan fingerprint density at radius 3 is 2.11 bits per heavy atom. The van der Waals surface area contributed by atoms with Crippen molar-refractivity contribution in [3.63, 3.8) is 0 Å². The quantitative estimate of drug-likeness (QED) is 0.0651. The molecular weight excluding hydrogens is 854 g/mol. The molecule has 0 aliphatic carbocycles. The van der Waals surface area contributed by atoms with Crippen LogP contribution >= 0.6 is 0 Å². The molecule has 0 bridgehead atoms. The Morgan fingerprint density at radius 2 is 1.42 bits per heavy atom. The Hall–Kier alpha value is -7.06. The molecular formula is C45H44F5N11O4. The third-order valence-corrected chi connectivity index (χ3v) is 11.7. The van der Waals surface area contributed by atoms with Crippen LogP contribution in [-0.2, 0) is 9.59 Å². The highest BCUT2D eigenvalue weighted by Crippen LogP contribution is 2.29. The van der Waals surface area contributed by atoms with Crippen LogP contribution < -0.4 is 31.6 Å². The monoisotopic (exact) mass is 897 g/mol. The summed E-state index contributed by atoms with van der Waals surface area (Å²) in [5, 5.41) is 12.1. The maximum Gasteiger partial charge on any atom is 0.268 e. The van der Waals surface area contributed by atoms with Gasteiger partial charge in [0.1, 0.15) is 34.7 Å². The summed E-state index contributed by atoms with van der Waals surface area (Å²) in [4.78, 5) is 66.1. The van der Waals surface area contributed by atoms with Crippen LogP contribution in [0.1, 0.15) is 64.3 Å². The van der Waals surface area contributed by atoms with Crippen LogP contribution in [0.25, 0.3) is 0 Å². The summed E-state index contributed by atoms with van der Waals surface area (Å²) in [6.07, 6.45) is 5.42. The predicted octanol–water partition coefficient (Wildman–Crippen LogP) is 6.40. The van der Waals surface area contributed by atoms with E-state index in [1.54, 1.807) is 5.01 Å². The van der Waals surface area contributed by atoms with E-state index < -0.39 is 58.3 Å². The van der Waals surface area contributed by atoms with E-state index in [0.29, 0.717) is 43.6 Å². The number of benzene rings is 3. The van der Waals surface area contributed by atoms with Gasteiger partial charge in [0.2, 0.25) is 17.8 Å². The third-order valence-electron chi connectivity index (χ3n) is 11.7. The fourth-order valence-corrected chi connectivity index (χ4v) is 8.06. The largest absolute Gasteiger partial charge is 0.354 e. The molecule has 15 nitrogen and oxygen atoms in total. The van der Waals surface area contributed by atoms with E-state index in [2.05, 4.69) is 46.5 Å². The number of nitrogens with zero attached hydrogens (tertiary/aromatic N) is 6. The zero-order valence-electron chi connectivity index (χ0n) is 34.9. The minimum atomic E-state index is -1.01. The molecule has 5 N–H and O–H groups in total. The number of piperazine rings is 1. The molecule has 0 radical (unpaired) electrons. The topological polar surface area (TPSA) is 177 Å². The van der Waals surface area contributed by atoms with Crippen LogP contribution in [0, 0.1) is 35.0 Å². The van der Waals surface area contributed by atoms with Gasteiger partial charge in [-0.2, -0.15) is 4.98 Å². The van der Waals surface area contributed by atoms with Crippen LogP contribution in [0.5, 0.6) is 0 Å². The molecule has 0 spiro atoms. The van der Waals surface area contributed by atoms with Gasteiger partial charge in [0.15, 0.2) is 11.6 Å². The standard InChI is InChI=1S/C45H44F5N11O4/c46-33-2-1-3-34(47)40(33)44(65)54-28-6-4-27(5-7-28)53-41-37(50)25-52-45(57-41)55-29-8-9-31(35(48)22-29)43(64)58-61-16-13-26(14-17-61)12-15-59-18-20-60(21-19-59)38-23-36(49)32(24-51-38)30-10-11-39(62)56-42(30)63/h1-9,22-26,30H,10-21H2,(H,54,65)(H,58,64)(H,56,62,63)(H2,52,53,55,57). The molecule has 5 heterocycles. The lowest BCUT2D eigenvalue weighted by Crippen LogP contribution is -2.48. The Bertz CT molecular complexity index is 2570. The summed E-state index contributed by atoms with van der Waals surface area (Å²) in [5.74, 6) is -6.60. The number of pyridine rings is 1.